The molecule has 1 fully saturated rings. The molecule has 2 atom stereocenters. The van der Waals surface area contributed by atoms with Crippen LogP contribution < -0.4 is 0 Å². The highest BCUT2D eigenvalue weighted by Gasteiger charge is 2.22. The molecule has 108 valence electrons. The first-order valence-corrected chi connectivity index (χ1v) is 7.90. The number of para-hydroxylation sites is 2. The Morgan fingerprint density at radius 3 is 2.95 bits per heavy atom. The first-order chi connectivity index (χ1) is 9.78. The fourth-order valence-corrected chi connectivity index (χ4v) is 3.46. The molecule has 1 aromatic heterocycles. The number of imidazole rings is 1. The number of aliphatic hydroxyl groups is 1. The zero-order valence-corrected chi connectivity index (χ0v) is 12.3. The van der Waals surface area contributed by atoms with E-state index in [-0.39, 0.29) is 6.10 Å². The zero-order chi connectivity index (χ0) is 13.9. The van der Waals surface area contributed by atoms with E-state index in [9.17, 15) is 5.11 Å². The van der Waals surface area contributed by atoms with Gasteiger partial charge in [-0.2, -0.15) is 0 Å². The molecule has 1 saturated carbocycles. The third-order valence-electron chi connectivity index (χ3n) is 4.41. The third kappa shape index (κ3) is 2.73. The van der Waals surface area contributed by atoms with Crippen molar-refractivity contribution < 1.29 is 5.11 Å². The monoisotopic (exact) mass is 272 g/mol. The van der Waals surface area contributed by atoms with Gasteiger partial charge < -0.3 is 9.67 Å². The van der Waals surface area contributed by atoms with Crippen LogP contribution in [0, 0.1) is 5.92 Å². The van der Waals surface area contributed by atoms with Crippen molar-refractivity contribution in [2.75, 3.05) is 0 Å². The number of nitrogens with zero attached hydrogens (tertiary/aromatic N) is 2. The molecular weight excluding hydrogens is 248 g/mol. The summed E-state index contributed by atoms with van der Waals surface area (Å²) in [6, 6.07) is 8.40. The van der Waals surface area contributed by atoms with Gasteiger partial charge >= 0.3 is 0 Å². The maximum absolute atomic E-state index is 9.84. The van der Waals surface area contributed by atoms with Gasteiger partial charge in [0.15, 0.2) is 0 Å². The second-order valence-electron chi connectivity index (χ2n) is 6.06. The Labute approximate surface area is 120 Å². The Kier molecular flexibility index (Phi) is 4.06. The minimum absolute atomic E-state index is 0.0993. The number of rotatable bonds is 4. The van der Waals surface area contributed by atoms with E-state index in [2.05, 4.69) is 35.8 Å². The molecule has 0 saturated heterocycles. The van der Waals surface area contributed by atoms with Crippen molar-refractivity contribution in [3.8, 4) is 0 Å². The van der Waals surface area contributed by atoms with Crippen LogP contribution in [0.3, 0.4) is 0 Å². The van der Waals surface area contributed by atoms with Crippen LogP contribution >= 0.6 is 0 Å². The molecule has 1 aromatic carbocycles. The molecule has 0 amide bonds. The minimum atomic E-state index is -0.0993. The van der Waals surface area contributed by atoms with Crippen LogP contribution in [0.4, 0.5) is 0 Å². The lowest BCUT2D eigenvalue weighted by Gasteiger charge is -2.25. The van der Waals surface area contributed by atoms with E-state index in [4.69, 9.17) is 4.98 Å². The highest BCUT2D eigenvalue weighted by molar-refractivity contribution is 5.75. The lowest BCUT2D eigenvalue weighted by molar-refractivity contribution is 0.100. The van der Waals surface area contributed by atoms with Gasteiger partial charge in [0.25, 0.3) is 0 Å². The largest absolute Gasteiger partial charge is 0.393 e. The molecule has 0 aliphatic heterocycles. The Morgan fingerprint density at radius 2 is 2.15 bits per heavy atom. The molecule has 2 aromatic rings. The van der Waals surface area contributed by atoms with Gasteiger partial charge in [0.1, 0.15) is 5.82 Å². The first kappa shape index (κ1) is 13.6. The smallest absolute Gasteiger partial charge is 0.110 e. The number of aromatic nitrogens is 2. The van der Waals surface area contributed by atoms with E-state index in [1.807, 2.05) is 0 Å². The summed E-state index contributed by atoms with van der Waals surface area (Å²) in [7, 11) is 0. The van der Waals surface area contributed by atoms with Crippen molar-refractivity contribution in [2.24, 2.45) is 5.92 Å². The van der Waals surface area contributed by atoms with Crippen molar-refractivity contribution in [3.63, 3.8) is 0 Å². The summed E-state index contributed by atoms with van der Waals surface area (Å²) in [5, 5.41) is 9.84. The topological polar surface area (TPSA) is 38.0 Å². The van der Waals surface area contributed by atoms with E-state index in [1.54, 1.807) is 0 Å². The van der Waals surface area contributed by atoms with Crippen molar-refractivity contribution in [1.82, 2.24) is 9.55 Å². The average molecular weight is 272 g/mol. The van der Waals surface area contributed by atoms with Gasteiger partial charge in [-0.25, -0.2) is 4.98 Å². The molecule has 0 radical (unpaired) electrons. The third-order valence-corrected chi connectivity index (χ3v) is 4.41. The second-order valence-corrected chi connectivity index (χ2v) is 6.06. The molecule has 3 heteroatoms. The van der Waals surface area contributed by atoms with Gasteiger partial charge in [-0.3, -0.25) is 0 Å². The summed E-state index contributed by atoms with van der Waals surface area (Å²) in [4.78, 5) is 4.83. The van der Waals surface area contributed by atoms with E-state index in [1.165, 1.54) is 17.8 Å². The Hall–Kier alpha value is -1.35. The summed E-state index contributed by atoms with van der Waals surface area (Å²) >= 11 is 0. The summed E-state index contributed by atoms with van der Waals surface area (Å²) in [6.45, 7) is 3.24. The summed E-state index contributed by atoms with van der Waals surface area (Å²) in [5.41, 5.74) is 2.35. The number of aryl methyl sites for hydroxylation is 1. The summed E-state index contributed by atoms with van der Waals surface area (Å²) < 4.78 is 2.37. The lowest BCUT2D eigenvalue weighted by atomic mass is 9.85. The highest BCUT2D eigenvalue weighted by Crippen LogP contribution is 2.28. The van der Waals surface area contributed by atoms with Crippen LogP contribution in [0.1, 0.15) is 44.9 Å². The fraction of sp³-hybridized carbons (Fsp3) is 0.588. The summed E-state index contributed by atoms with van der Waals surface area (Å²) in [5.74, 6) is 1.79. The normalized spacial score (nSPS) is 23.3. The molecule has 0 bridgehead atoms. The predicted molar refractivity (Wildman–Crippen MR) is 81.7 cm³/mol. The number of aliphatic hydroxyl groups excluding tert-OH is 1. The molecule has 1 heterocycles. The van der Waals surface area contributed by atoms with E-state index < -0.39 is 0 Å². The van der Waals surface area contributed by atoms with Crippen LogP contribution in [-0.4, -0.2) is 20.8 Å². The highest BCUT2D eigenvalue weighted by atomic mass is 16.3. The average Bonchev–Trinajstić information content (AvgIpc) is 2.77. The Bertz CT molecular complexity index is 575. The van der Waals surface area contributed by atoms with Crippen molar-refractivity contribution in [3.05, 3.63) is 30.1 Å². The number of fused-ring (bicyclic) bond motifs is 1. The zero-order valence-electron chi connectivity index (χ0n) is 12.3. The number of benzene rings is 1. The molecule has 1 aliphatic carbocycles. The van der Waals surface area contributed by atoms with Gasteiger partial charge in [0.2, 0.25) is 0 Å². The van der Waals surface area contributed by atoms with Gasteiger partial charge in [-0.05, 0) is 43.7 Å². The van der Waals surface area contributed by atoms with Crippen LogP contribution in [0.15, 0.2) is 24.3 Å². The van der Waals surface area contributed by atoms with Crippen LogP contribution in [0.5, 0.6) is 0 Å². The molecule has 3 rings (SSSR count). The Balaban J connectivity index is 1.87. The second kappa shape index (κ2) is 5.96. The van der Waals surface area contributed by atoms with E-state index in [0.29, 0.717) is 5.92 Å². The SMILES string of the molecule is CCCn1c(CC2CCCC(O)C2)nc2ccccc21. The van der Waals surface area contributed by atoms with Crippen molar-refractivity contribution >= 4 is 11.0 Å². The number of hydrogen-bond acceptors (Lipinski definition) is 2. The molecule has 3 nitrogen and oxygen atoms in total. The lowest BCUT2D eigenvalue weighted by Crippen LogP contribution is -2.22. The molecule has 0 spiro atoms. The van der Waals surface area contributed by atoms with Gasteiger partial charge in [-0.1, -0.05) is 25.5 Å². The Morgan fingerprint density at radius 1 is 1.30 bits per heavy atom. The van der Waals surface area contributed by atoms with Crippen LogP contribution in [0.25, 0.3) is 11.0 Å². The fourth-order valence-electron chi connectivity index (χ4n) is 3.46. The molecule has 2 unspecified atom stereocenters. The van der Waals surface area contributed by atoms with Crippen LogP contribution in [0.2, 0.25) is 0 Å². The number of hydrogen-bond donors (Lipinski definition) is 1. The standard InChI is InChI=1S/C17H24N2O/c1-2-10-19-16-9-4-3-8-15(16)18-17(19)12-13-6-5-7-14(20)11-13/h3-4,8-9,13-14,20H,2,5-7,10-12H2,1H3. The summed E-state index contributed by atoms with van der Waals surface area (Å²) in [6.07, 6.45) is 6.33. The first-order valence-electron chi connectivity index (χ1n) is 7.90. The molecule has 1 aliphatic rings. The maximum atomic E-state index is 9.84. The molecule has 20 heavy (non-hydrogen) atoms. The van der Waals surface area contributed by atoms with Gasteiger partial charge in [-0.15, -0.1) is 0 Å². The van der Waals surface area contributed by atoms with E-state index in [0.717, 1.165) is 44.2 Å². The molecule has 1 N–H and O–H groups in total. The van der Waals surface area contributed by atoms with Crippen LogP contribution in [-0.2, 0) is 13.0 Å². The van der Waals surface area contributed by atoms with Crippen molar-refractivity contribution in [2.45, 2.75) is 58.1 Å². The van der Waals surface area contributed by atoms with Crippen molar-refractivity contribution in [1.29, 1.82) is 0 Å². The quantitative estimate of drug-likeness (QED) is 0.924. The maximum Gasteiger partial charge on any atom is 0.110 e. The predicted octanol–water partition coefficient (Wildman–Crippen LogP) is 3.54. The van der Waals surface area contributed by atoms with E-state index >= 15 is 0 Å². The van der Waals surface area contributed by atoms with Gasteiger partial charge in [0.05, 0.1) is 17.1 Å². The minimum Gasteiger partial charge on any atom is -0.393 e. The molecular formula is C17H24N2O. The van der Waals surface area contributed by atoms with Gasteiger partial charge in [0, 0.05) is 13.0 Å².